The monoisotopic (exact) mass is 504 g/mol. The molecule has 2 saturated heterocycles. The Kier molecular flexibility index (Phi) is 11.0. The number of rotatable bonds is 17. The number of nitrogens with two attached hydrogens (primary N) is 1. The highest BCUT2D eigenvalue weighted by Gasteiger charge is 2.50. The summed E-state index contributed by atoms with van der Waals surface area (Å²) in [5, 5.41) is 2.47. The van der Waals surface area contributed by atoms with Crippen molar-refractivity contribution in [1.82, 2.24) is 15.0 Å². The summed E-state index contributed by atoms with van der Waals surface area (Å²) in [7, 11) is -4.57. The summed E-state index contributed by atoms with van der Waals surface area (Å²) in [5.41, 5.74) is 4.99. The predicted octanol–water partition coefficient (Wildman–Crippen LogP) is 3.87. The third-order valence-electron chi connectivity index (χ3n) is 6.95. The number of carbonyl (C=O) groups is 2. The lowest BCUT2D eigenvalue weighted by molar-refractivity contribution is -0.172. The third-order valence-corrected chi connectivity index (χ3v) is 7.66. The Balaban J connectivity index is 2.25. The summed E-state index contributed by atoms with van der Waals surface area (Å²) in [6.45, 7) is 9.06. The summed E-state index contributed by atoms with van der Waals surface area (Å²) >= 11 is 0. The number of hydrogen-bond donors (Lipinski definition) is 1. The van der Waals surface area contributed by atoms with Gasteiger partial charge in [0.15, 0.2) is 0 Å². The van der Waals surface area contributed by atoms with Gasteiger partial charge in [0.2, 0.25) is 5.91 Å². The van der Waals surface area contributed by atoms with E-state index in [0.29, 0.717) is 19.4 Å². The lowest BCUT2D eigenvalue weighted by Gasteiger charge is -2.43. The molecule has 2 N–H and O–H groups in total. The van der Waals surface area contributed by atoms with E-state index in [-0.39, 0.29) is 6.54 Å². The molecule has 2 aliphatic heterocycles. The Bertz CT molecular complexity index is 769. The normalized spacial score (nSPS) is 21.0. The molecule has 2 heterocycles. The Hall–Kier alpha value is -1.43. The van der Waals surface area contributed by atoms with Crippen LogP contribution in [-0.4, -0.2) is 66.1 Å². The molecule has 0 aromatic rings. The number of unbranched alkanes of at least 4 members (excludes halogenated alkanes) is 3. The number of hydroxylamine groups is 4. The summed E-state index contributed by atoms with van der Waals surface area (Å²) in [6.07, 6.45) is 9.78. The molecule has 10 nitrogen and oxygen atoms in total. The van der Waals surface area contributed by atoms with Gasteiger partial charge in [-0.1, -0.05) is 66.2 Å². The number of fused-ring (bicyclic) bond motifs is 2. The number of hydrogen-bond acceptors (Lipinski definition) is 7. The van der Waals surface area contributed by atoms with E-state index in [2.05, 4.69) is 27.7 Å². The van der Waals surface area contributed by atoms with Crippen LogP contribution in [0.4, 0.5) is 4.79 Å². The molecule has 0 saturated carbocycles. The molecule has 2 atom stereocenters. The fourth-order valence-corrected chi connectivity index (χ4v) is 5.99. The van der Waals surface area contributed by atoms with Crippen LogP contribution in [-0.2, 0) is 23.8 Å². The van der Waals surface area contributed by atoms with Crippen molar-refractivity contribution in [3.8, 4) is 0 Å². The molecule has 0 spiro atoms. The van der Waals surface area contributed by atoms with Crippen LogP contribution >= 0.6 is 0 Å². The number of nitrogens with zero attached hydrogens (tertiary/aromatic N) is 3. The van der Waals surface area contributed by atoms with Gasteiger partial charge in [-0.15, -0.1) is 4.28 Å². The van der Waals surface area contributed by atoms with Crippen molar-refractivity contribution in [3.05, 3.63) is 0 Å². The SMILES string of the molecule is CCCCN(OS(=O)(=O)ON1C(=O)N2CC1CC[C@H]2C(N)=O)C(CCC)(CCCC)CCCC. The van der Waals surface area contributed by atoms with E-state index in [1.807, 2.05) is 0 Å². The first-order chi connectivity index (χ1) is 16.1. The van der Waals surface area contributed by atoms with Crippen LogP contribution in [0, 0.1) is 0 Å². The third kappa shape index (κ3) is 7.05. The topological polar surface area (TPSA) is 122 Å². The molecular formula is C23H44N4O6S. The minimum atomic E-state index is -4.57. The zero-order valence-electron chi connectivity index (χ0n) is 21.3. The van der Waals surface area contributed by atoms with Crippen molar-refractivity contribution in [2.75, 3.05) is 13.1 Å². The average molecular weight is 505 g/mol. The van der Waals surface area contributed by atoms with Gasteiger partial charge >= 0.3 is 16.4 Å². The molecule has 2 rings (SSSR count). The maximum absolute atomic E-state index is 13.1. The second-order valence-corrected chi connectivity index (χ2v) is 10.7. The molecule has 0 aliphatic carbocycles. The number of urea groups is 1. The van der Waals surface area contributed by atoms with Crippen molar-refractivity contribution in [1.29, 1.82) is 0 Å². The van der Waals surface area contributed by atoms with Gasteiger partial charge in [-0.25, -0.2) is 4.79 Å². The fourth-order valence-electron chi connectivity index (χ4n) is 5.13. The van der Waals surface area contributed by atoms with Crippen LogP contribution in [0.1, 0.15) is 105 Å². The molecule has 0 aromatic heterocycles. The van der Waals surface area contributed by atoms with Crippen LogP contribution in [0.15, 0.2) is 0 Å². The van der Waals surface area contributed by atoms with E-state index in [1.165, 1.54) is 4.90 Å². The Morgan fingerprint density at radius 2 is 1.65 bits per heavy atom. The zero-order chi connectivity index (χ0) is 25.4. The highest BCUT2D eigenvalue weighted by Crippen LogP contribution is 2.36. The molecule has 2 bridgehead atoms. The smallest absolute Gasteiger partial charge is 0.368 e. The van der Waals surface area contributed by atoms with E-state index < -0.39 is 40.0 Å². The molecule has 34 heavy (non-hydrogen) atoms. The molecule has 2 fully saturated rings. The van der Waals surface area contributed by atoms with Crippen molar-refractivity contribution in [2.45, 2.75) is 122 Å². The first kappa shape index (κ1) is 28.8. The van der Waals surface area contributed by atoms with Gasteiger partial charge in [-0.2, -0.15) is 22.8 Å². The second-order valence-electron chi connectivity index (χ2n) is 9.60. The number of amides is 3. The fraction of sp³-hybridized carbons (Fsp3) is 0.913. The lowest BCUT2D eigenvalue weighted by Crippen LogP contribution is -2.51. The van der Waals surface area contributed by atoms with Crippen LogP contribution in [0.5, 0.6) is 0 Å². The highest BCUT2D eigenvalue weighted by atomic mass is 32.3. The maximum Gasteiger partial charge on any atom is 0.437 e. The van der Waals surface area contributed by atoms with E-state index in [9.17, 15) is 18.0 Å². The van der Waals surface area contributed by atoms with Gasteiger partial charge in [-0.05, 0) is 38.5 Å². The predicted molar refractivity (Wildman–Crippen MR) is 129 cm³/mol. The largest absolute Gasteiger partial charge is 0.437 e. The summed E-state index contributed by atoms with van der Waals surface area (Å²) in [4.78, 5) is 25.8. The van der Waals surface area contributed by atoms with Gasteiger partial charge in [0.05, 0.1) is 6.04 Å². The van der Waals surface area contributed by atoms with E-state index in [1.54, 1.807) is 5.06 Å². The van der Waals surface area contributed by atoms with Gasteiger partial charge in [-0.3, -0.25) is 4.79 Å². The Morgan fingerprint density at radius 3 is 2.18 bits per heavy atom. The van der Waals surface area contributed by atoms with Crippen LogP contribution in [0.3, 0.4) is 0 Å². The number of carbonyl (C=O) groups excluding carboxylic acids is 2. The molecular weight excluding hydrogens is 460 g/mol. The van der Waals surface area contributed by atoms with Crippen molar-refractivity contribution >= 4 is 22.3 Å². The maximum atomic E-state index is 13.1. The van der Waals surface area contributed by atoms with Crippen molar-refractivity contribution < 1.29 is 26.6 Å². The van der Waals surface area contributed by atoms with Crippen LogP contribution in [0.25, 0.3) is 0 Å². The van der Waals surface area contributed by atoms with Crippen LogP contribution < -0.4 is 5.73 Å². The number of piperidine rings is 1. The molecule has 3 amide bonds. The Labute approximate surface area is 205 Å². The van der Waals surface area contributed by atoms with E-state index >= 15 is 0 Å². The summed E-state index contributed by atoms with van der Waals surface area (Å²) in [6, 6.07) is -1.89. The molecule has 11 heteroatoms. The molecule has 0 aromatic carbocycles. The summed E-state index contributed by atoms with van der Waals surface area (Å²) in [5.74, 6) is -0.602. The van der Waals surface area contributed by atoms with Crippen molar-refractivity contribution in [3.63, 3.8) is 0 Å². The average Bonchev–Trinajstić information content (AvgIpc) is 3.02. The zero-order valence-corrected chi connectivity index (χ0v) is 22.1. The standard InChI is InChI=1S/C23H44N4O6S/c1-5-9-15-23(14-8-4,16-10-6-2)26(17-11-7-3)32-34(30,31)33-27-19-12-13-20(21(24)28)25(18-19)22(27)29/h19-20H,5-18H2,1-4H3,(H2,24,28)/t19?,20-/m0/s1. The van der Waals surface area contributed by atoms with E-state index in [4.69, 9.17) is 14.3 Å². The molecule has 2 aliphatic rings. The summed E-state index contributed by atoms with van der Waals surface area (Å²) < 4.78 is 37.1. The highest BCUT2D eigenvalue weighted by molar-refractivity contribution is 7.81. The van der Waals surface area contributed by atoms with Gasteiger partial charge in [0.1, 0.15) is 6.04 Å². The minimum absolute atomic E-state index is 0.203. The van der Waals surface area contributed by atoms with Crippen LogP contribution in [0.2, 0.25) is 0 Å². The number of primary amides is 1. The molecule has 198 valence electrons. The second kappa shape index (κ2) is 13.0. The molecule has 0 radical (unpaired) electrons. The lowest BCUT2D eigenvalue weighted by atomic mass is 9.82. The van der Waals surface area contributed by atoms with Crippen molar-refractivity contribution in [2.24, 2.45) is 5.73 Å². The van der Waals surface area contributed by atoms with Gasteiger partial charge in [0.25, 0.3) is 0 Å². The van der Waals surface area contributed by atoms with Gasteiger partial charge in [0, 0.05) is 18.6 Å². The minimum Gasteiger partial charge on any atom is -0.368 e. The van der Waals surface area contributed by atoms with E-state index in [0.717, 1.165) is 69.3 Å². The first-order valence-electron chi connectivity index (χ1n) is 13.0. The first-order valence-corrected chi connectivity index (χ1v) is 14.3. The molecule has 1 unspecified atom stereocenters. The Morgan fingerprint density at radius 1 is 1.03 bits per heavy atom. The van der Waals surface area contributed by atoms with Gasteiger partial charge < -0.3 is 10.6 Å². The quantitative estimate of drug-likeness (QED) is 0.298.